The van der Waals surface area contributed by atoms with Crippen LogP contribution in [0.5, 0.6) is 0 Å². The Balaban J connectivity index is 2.53. The van der Waals surface area contributed by atoms with Crippen LogP contribution in [0, 0.1) is 15.9 Å². The second-order valence-corrected chi connectivity index (χ2v) is 4.12. The molecule has 1 aromatic carbocycles. The zero-order valence-corrected chi connectivity index (χ0v) is 10.7. The van der Waals surface area contributed by atoms with Crippen LogP contribution in [0.15, 0.2) is 18.2 Å². The van der Waals surface area contributed by atoms with Crippen molar-refractivity contribution in [2.24, 2.45) is 0 Å². The van der Waals surface area contributed by atoms with Crippen LogP contribution in [0.3, 0.4) is 0 Å². The third-order valence-electron chi connectivity index (χ3n) is 2.61. The van der Waals surface area contributed by atoms with Gasteiger partial charge in [-0.15, -0.1) is 0 Å². The molecule has 0 aliphatic rings. The van der Waals surface area contributed by atoms with Crippen LogP contribution in [0.2, 0.25) is 0 Å². The van der Waals surface area contributed by atoms with E-state index in [4.69, 9.17) is 4.74 Å². The average Bonchev–Trinajstić information content (AvgIpc) is 2.37. The fourth-order valence-corrected chi connectivity index (χ4v) is 1.56. The van der Waals surface area contributed by atoms with Gasteiger partial charge in [-0.3, -0.25) is 10.1 Å². The zero-order chi connectivity index (χ0) is 14.3. The topological polar surface area (TPSA) is 69.4 Å². The molecule has 19 heavy (non-hydrogen) atoms. The largest absolute Gasteiger partial charge is 0.462 e. The van der Waals surface area contributed by atoms with Crippen molar-refractivity contribution in [1.29, 1.82) is 0 Å². The van der Waals surface area contributed by atoms with E-state index >= 15 is 0 Å². The summed E-state index contributed by atoms with van der Waals surface area (Å²) in [5.74, 6) is -1.70. The maximum absolute atomic E-state index is 13.3. The summed E-state index contributed by atoms with van der Waals surface area (Å²) in [6, 6.07) is 2.98. The molecular formula is C13H16FNO4. The number of unbranched alkanes of at least 4 members (excludes halogenated alkanes) is 3. The molecule has 104 valence electrons. The van der Waals surface area contributed by atoms with Crippen molar-refractivity contribution in [3.05, 3.63) is 39.7 Å². The number of carbonyl (C=O) groups excluding carboxylic acids is 1. The van der Waals surface area contributed by atoms with Crippen LogP contribution < -0.4 is 0 Å². The lowest BCUT2D eigenvalue weighted by molar-refractivity contribution is -0.387. The average molecular weight is 269 g/mol. The third kappa shape index (κ3) is 4.65. The van der Waals surface area contributed by atoms with Gasteiger partial charge in [-0.25, -0.2) is 4.79 Å². The normalized spacial score (nSPS) is 10.2. The molecule has 0 radical (unpaired) electrons. The number of nitrogens with zero attached hydrogens (tertiary/aromatic N) is 1. The molecule has 6 heteroatoms. The number of carbonyl (C=O) groups is 1. The Labute approximate surface area is 110 Å². The van der Waals surface area contributed by atoms with Gasteiger partial charge in [-0.2, -0.15) is 4.39 Å². The molecule has 0 amide bonds. The molecule has 0 heterocycles. The lowest BCUT2D eigenvalue weighted by Gasteiger charge is -2.04. The first-order chi connectivity index (χ1) is 9.06. The lowest BCUT2D eigenvalue weighted by Crippen LogP contribution is -2.07. The predicted octanol–water partition coefficient (Wildman–Crippen LogP) is 3.47. The molecule has 1 rings (SSSR count). The second kappa shape index (κ2) is 7.45. The maximum Gasteiger partial charge on any atom is 0.338 e. The van der Waals surface area contributed by atoms with Gasteiger partial charge in [0.25, 0.3) is 0 Å². The lowest BCUT2D eigenvalue weighted by atomic mass is 10.2. The highest BCUT2D eigenvalue weighted by Crippen LogP contribution is 2.18. The summed E-state index contributed by atoms with van der Waals surface area (Å²) in [7, 11) is 0. The Bertz CT molecular complexity index is 462. The first kappa shape index (κ1) is 15.1. The van der Waals surface area contributed by atoms with E-state index < -0.39 is 22.4 Å². The van der Waals surface area contributed by atoms with E-state index in [1.54, 1.807) is 0 Å². The van der Waals surface area contributed by atoms with Crippen molar-refractivity contribution in [2.45, 2.75) is 32.6 Å². The standard InChI is InChI=1S/C13H16FNO4/c1-2-3-4-5-8-19-13(16)10-6-7-12(15(17)18)11(14)9-10/h6-7,9H,2-5,8H2,1H3. The number of hydrogen-bond acceptors (Lipinski definition) is 4. The SMILES string of the molecule is CCCCCCOC(=O)c1ccc([N+](=O)[O-])c(F)c1. The Hall–Kier alpha value is -1.98. The molecule has 0 spiro atoms. The fraction of sp³-hybridized carbons (Fsp3) is 0.462. The van der Waals surface area contributed by atoms with E-state index in [1.807, 2.05) is 0 Å². The van der Waals surface area contributed by atoms with Crippen LogP contribution >= 0.6 is 0 Å². The molecule has 0 atom stereocenters. The van der Waals surface area contributed by atoms with Gasteiger partial charge in [0.2, 0.25) is 5.82 Å². The fourth-order valence-electron chi connectivity index (χ4n) is 1.56. The van der Waals surface area contributed by atoms with E-state index in [0.29, 0.717) is 0 Å². The number of esters is 1. The predicted molar refractivity (Wildman–Crippen MR) is 67.5 cm³/mol. The molecule has 0 N–H and O–H groups in total. The molecule has 0 saturated heterocycles. The monoisotopic (exact) mass is 269 g/mol. The molecule has 5 nitrogen and oxygen atoms in total. The van der Waals surface area contributed by atoms with E-state index in [1.165, 1.54) is 6.07 Å². The van der Waals surface area contributed by atoms with E-state index in [0.717, 1.165) is 37.8 Å². The summed E-state index contributed by atoms with van der Waals surface area (Å²) < 4.78 is 18.3. The van der Waals surface area contributed by atoms with Crippen LogP contribution in [0.4, 0.5) is 10.1 Å². The number of halogens is 1. The van der Waals surface area contributed by atoms with Crippen molar-refractivity contribution in [3.8, 4) is 0 Å². The van der Waals surface area contributed by atoms with Crippen LogP contribution in [-0.2, 0) is 4.74 Å². The van der Waals surface area contributed by atoms with Gasteiger partial charge in [0, 0.05) is 6.07 Å². The summed E-state index contributed by atoms with van der Waals surface area (Å²) in [4.78, 5) is 21.1. The number of rotatable bonds is 7. The number of ether oxygens (including phenoxy) is 1. The summed E-state index contributed by atoms with van der Waals surface area (Å²) in [5.41, 5.74) is -0.668. The van der Waals surface area contributed by atoms with Gasteiger partial charge < -0.3 is 4.74 Å². The van der Waals surface area contributed by atoms with Crippen molar-refractivity contribution in [3.63, 3.8) is 0 Å². The Morgan fingerprint density at radius 3 is 2.68 bits per heavy atom. The van der Waals surface area contributed by atoms with Gasteiger partial charge in [-0.1, -0.05) is 26.2 Å². The highest BCUT2D eigenvalue weighted by molar-refractivity contribution is 5.89. The Kier molecular flexibility index (Phi) is 5.92. The first-order valence-corrected chi connectivity index (χ1v) is 6.17. The van der Waals surface area contributed by atoms with Gasteiger partial charge in [0.15, 0.2) is 0 Å². The van der Waals surface area contributed by atoms with E-state index in [9.17, 15) is 19.3 Å². The van der Waals surface area contributed by atoms with E-state index in [-0.39, 0.29) is 12.2 Å². The van der Waals surface area contributed by atoms with Crippen LogP contribution in [0.25, 0.3) is 0 Å². The smallest absolute Gasteiger partial charge is 0.338 e. The zero-order valence-electron chi connectivity index (χ0n) is 10.7. The molecule has 1 aromatic rings. The number of nitro benzene ring substituents is 1. The summed E-state index contributed by atoms with van der Waals surface area (Å²) in [6.07, 6.45) is 3.89. The third-order valence-corrected chi connectivity index (χ3v) is 2.61. The molecule has 0 bridgehead atoms. The minimum atomic E-state index is -1.04. The molecular weight excluding hydrogens is 253 g/mol. The molecule has 0 aliphatic heterocycles. The number of hydrogen-bond donors (Lipinski definition) is 0. The quantitative estimate of drug-likeness (QED) is 0.329. The maximum atomic E-state index is 13.3. The minimum absolute atomic E-state index is 0.0152. The van der Waals surface area contributed by atoms with Gasteiger partial charge in [-0.05, 0) is 18.6 Å². The van der Waals surface area contributed by atoms with Gasteiger partial charge >= 0.3 is 11.7 Å². The Morgan fingerprint density at radius 1 is 1.37 bits per heavy atom. The van der Waals surface area contributed by atoms with Crippen molar-refractivity contribution in [1.82, 2.24) is 0 Å². The first-order valence-electron chi connectivity index (χ1n) is 6.17. The highest BCUT2D eigenvalue weighted by atomic mass is 19.1. The second-order valence-electron chi connectivity index (χ2n) is 4.12. The number of benzene rings is 1. The molecule has 0 fully saturated rings. The number of nitro groups is 1. The molecule has 0 aromatic heterocycles. The minimum Gasteiger partial charge on any atom is -0.462 e. The molecule has 0 aliphatic carbocycles. The van der Waals surface area contributed by atoms with Gasteiger partial charge in [0.1, 0.15) is 0 Å². The van der Waals surface area contributed by atoms with Crippen molar-refractivity contribution >= 4 is 11.7 Å². The summed E-state index contributed by atoms with van der Waals surface area (Å²) >= 11 is 0. The molecule has 0 saturated carbocycles. The highest BCUT2D eigenvalue weighted by Gasteiger charge is 2.17. The summed E-state index contributed by atoms with van der Waals surface area (Å²) in [5, 5.41) is 10.4. The van der Waals surface area contributed by atoms with Crippen LogP contribution in [-0.4, -0.2) is 17.5 Å². The Morgan fingerprint density at radius 2 is 2.11 bits per heavy atom. The van der Waals surface area contributed by atoms with Crippen molar-refractivity contribution in [2.75, 3.05) is 6.61 Å². The molecule has 0 unspecified atom stereocenters. The van der Waals surface area contributed by atoms with Crippen LogP contribution in [0.1, 0.15) is 43.0 Å². The van der Waals surface area contributed by atoms with Gasteiger partial charge in [0.05, 0.1) is 17.1 Å². The van der Waals surface area contributed by atoms with E-state index in [2.05, 4.69) is 6.92 Å². The van der Waals surface area contributed by atoms with Crippen molar-refractivity contribution < 1.29 is 18.8 Å². The summed E-state index contributed by atoms with van der Waals surface area (Å²) in [6.45, 7) is 2.35.